The van der Waals surface area contributed by atoms with Gasteiger partial charge in [0.25, 0.3) is 0 Å². The Bertz CT molecular complexity index is 3180. The van der Waals surface area contributed by atoms with Crippen LogP contribution in [0.4, 0.5) is 17.1 Å². The van der Waals surface area contributed by atoms with Gasteiger partial charge in [-0.15, -0.1) is 0 Å². The lowest BCUT2D eigenvalue weighted by atomic mass is 9.94. The molecule has 2 aromatic heterocycles. The van der Waals surface area contributed by atoms with E-state index in [9.17, 15) is 0 Å². The molecule has 0 saturated carbocycles. The Hall–Kier alpha value is -7.36. The van der Waals surface area contributed by atoms with Gasteiger partial charge in [0.1, 0.15) is 22.3 Å². The minimum absolute atomic E-state index is 0.866. The average molecular weight is 704 g/mol. The molecule has 0 aliphatic heterocycles. The zero-order chi connectivity index (χ0) is 36.3. The van der Waals surface area contributed by atoms with Crippen LogP contribution in [0.5, 0.6) is 0 Å². The molecule has 55 heavy (non-hydrogen) atoms. The number of para-hydroxylation sites is 1. The molecule has 0 atom stereocenters. The number of nitrogens with zero attached hydrogens (tertiary/aromatic N) is 1. The summed E-state index contributed by atoms with van der Waals surface area (Å²) < 4.78 is 12.9. The average Bonchev–Trinajstić information content (AvgIpc) is 3.83. The largest absolute Gasteiger partial charge is 0.456 e. The summed E-state index contributed by atoms with van der Waals surface area (Å²) in [6.45, 7) is 0. The van der Waals surface area contributed by atoms with Crippen molar-refractivity contribution in [3.05, 3.63) is 200 Å². The van der Waals surface area contributed by atoms with Gasteiger partial charge in [-0.25, -0.2) is 0 Å². The fourth-order valence-corrected chi connectivity index (χ4v) is 8.28. The highest BCUT2D eigenvalue weighted by Crippen LogP contribution is 2.45. The molecule has 0 amide bonds. The van der Waals surface area contributed by atoms with Crippen LogP contribution >= 0.6 is 0 Å². The van der Waals surface area contributed by atoms with Gasteiger partial charge < -0.3 is 13.7 Å². The molecule has 0 aliphatic rings. The lowest BCUT2D eigenvalue weighted by Gasteiger charge is -2.26. The maximum absolute atomic E-state index is 6.54. The highest BCUT2D eigenvalue weighted by Gasteiger charge is 2.20. The molecule has 11 rings (SSSR count). The number of furan rings is 2. The van der Waals surface area contributed by atoms with Crippen LogP contribution in [0.1, 0.15) is 0 Å². The smallest absolute Gasteiger partial charge is 0.137 e. The Morgan fingerprint density at radius 2 is 0.818 bits per heavy atom. The molecule has 9 aromatic carbocycles. The second-order valence-electron chi connectivity index (χ2n) is 14.1. The standard InChI is InChI=1S/C52H33NO2/c1-3-12-34(13-4-1)35-22-27-39(28-23-35)53(46-19-11-21-49-52(46)43-18-9-10-20-47(43)54-49)40-29-24-36(25-30-40)38-26-31-48-45(32-38)51-42-17-8-7-16-41(42)44(33-50(51)55-48)37-14-5-2-6-15-37/h1-33H. The second-order valence-corrected chi connectivity index (χ2v) is 14.1. The van der Waals surface area contributed by atoms with Gasteiger partial charge in [-0.2, -0.15) is 0 Å². The van der Waals surface area contributed by atoms with Crippen molar-refractivity contribution in [1.82, 2.24) is 0 Å². The molecule has 0 unspecified atom stereocenters. The predicted octanol–water partition coefficient (Wildman–Crippen LogP) is 15.1. The van der Waals surface area contributed by atoms with Crippen LogP contribution in [0.15, 0.2) is 209 Å². The molecule has 0 N–H and O–H groups in total. The van der Waals surface area contributed by atoms with Gasteiger partial charge in [-0.3, -0.25) is 0 Å². The van der Waals surface area contributed by atoms with Crippen LogP contribution in [0.3, 0.4) is 0 Å². The summed E-state index contributed by atoms with van der Waals surface area (Å²) in [5.41, 5.74) is 13.7. The molecule has 3 nitrogen and oxygen atoms in total. The molecular weight excluding hydrogens is 671 g/mol. The van der Waals surface area contributed by atoms with E-state index < -0.39 is 0 Å². The maximum atomic E-state index is 6.54. The Balaban J connectivity index is 1.04. The first kappa shape index (κ1) is 31.2. The van der Waals surface area contributed by atoms with E-state index in [-0.39, 0.29) is 0 Å². The molecular formula is C52H33NO2. The molecule has 0 spiro atoms. The van der Waals surface area contributed by atoms with Gasteiger partial charge in [-0.05, 0) is 105 Å². The van der Waals surface area contributed by atoms with E-state index in [0.717, 1.165) is 72.1 Å². The van der Waals surface area contributed by atoms with Crippen molar-refractivity contribution in [2.75, 3.05) is 4.90 Å². The molecule has 0 fully saturated rings. The third-order valence-electron chi connectivity index (χ3n) is 10.9. The SMILES string of the molecule is c1ccc(-c2ccc(N(c3ccc(-c4ccc5oc6cc(-c7ccccc7)c7ccccc7c6c5c4)cc3)c3cccc4oc5ccccc5c34)cc2)cc1. The molecule has 0 bridgehead atoms. The van der Waals surface area contributed by atoms with Crippen molar-refractivity contribution in [3.63, 3.8) is 0 Å². The van der Waals surface area contributed by atoms with E-state index in [1.807, 2.05) is 12.1 Å². The van der Waals surface area contributed by atoms with Crippen molar-refractivity contribution >= 4 is 71.7 Å². The van der Waals surface area contributed by atoms with Crippen LogP contribution in [-0.4, -0.2) is 0 Å². The number of rotatable bonds is 6. The Morgan fingerprint density at radius 3 is 1.55 bits per heavy atom. The van der Waals surface area contributed by atoms with Gasteiger partial charge >= 0.3 is 0 Å². The minimum atomic E-state index is 0.866. The van der Waals surface area contributed by atoms with Gasteiger partial charge in [0.2, 0.25) is 0 Å². The summed E-state index contributed by atoms with van der Waals surface area (Å²) in [6.07, 6.45) is 0. The molecule has 0 radical (unpaired) electrons. The van der Waals surface area contributed by atoms with Gasteiger partial charge in [0.05, 0.1) is 11.1 Å². The number of hydrogen-bond acceptors (Lipinski definition) is 3. The van der Waals surface area contributed by atoms with Crippen molar-refractivity contribution in [2.45, 2.75) is 0 Å². The number of benzene rings is 9. The normalized spacial score (nSPS) is 11.6. The molecule has 11 aromatic rings. The first-order valence-electron chi connectivity index (χ1n) is 18.7. The zero-order valence-corrected chi connectivity index (χ0v) is 29.8. The first-order chi connectivity index (χ1) is 27.3. The maximum Gasteiger partial charge on any atom is 0.137 e. The summed E-state index contributed by atoms with van der Waals surface area (Å²) in [7, 11) is 0. The summed E-state index contributed by atoms with van der Waals surface area (Å²) in [5.74, 6) is 0. The lowest BCUT2D eigenvalue weighted by molar-refractivity contribution is 0.668. The van der Waals surface area contributed by atoms with E-state index in [1.54, 1.807) is 0 Å². The number of anilines is 3. The summed E-state index contributed by atoms with van der Waals surface area (Å²) in [4.78, 5) is 2.34. The first-order valence-corrected chi connectivity index (χ1v) is 18.7. The van der Waals surface area contributed by atoms with Crippen molar-refractivity contribution in [3.8, 4) is 33.4 Å². The van der Waals surface area contributed by atoms with Crippen molar-refractivity contribution in [2.24, 2.45) is 0 Å². The summed E-state index contributed by atoms with van der Waals surface area (Å²) in [6, 6.07) is 70.8. The zero-order valence-electron chi connectivity index (χ0n) is 29.8. The Morgan fingerprint density at radius 1 is 0.291 bits per heavy atom. The molecule has 0 saturated heterocycles. The van der Waals surface area contributed by atoms with Gasteiger partial charge in [0.15, 0.2) is 0 Å². The summed E-state index contributed by atoms with van der Waals surface area (Å²) >= 11 is 0. The van der Waals surface area contributed by atoms with Gasteiger partial charge in [0, 0.05) is 27.5 Å². The van der Waals surface area contributed by atoms with Crippen LogP contribution in [0.25, 0.3) is 88.0 Å². The Labute approximate surface area is 317 Å². The topological polar surface area (TPSA) is 29.5 Å². The molecule has 3 heteroatoms. The molecule has 2 heterocycles. The lowest BCUT2D eigenvalue weighted by Crippen LogP contribution is -2.10. The van der Waals surface area contributed by atoms with Crippen molar-refractivity contribution in [1.29, 1.82) is 0 Å². The highest BCUT2D eigenvalue weighted by molar-refractivity contribution is 6.22. The third kappa shape index (κ3) is 5.20. The van der Waals surface area contributed by atoms with E-state index >= 15 is 0 Å². The van der Waals surface area contributed by atoms with Gasteiger partial charge in [-0.1, -0.05) is 140 Å². The third-order valence-corrected chi connectivity index (χ3v) is 10.9. The van der Waals surface area contributed by atoms with Crippen LogP contribution < -0.4 is 4.90 Å². The van der Waals surface area contributed by atoms with E-state index in [2.05, 4.69) is 193 Å². The molecule has 0 aliphatic carbocycles. The van der Waals surface area contributed by atoms with Crippen LogP contribution in [0.2, 0.25) is 0 Å². The fraction of sp³-hybridized carbons (Fsp3) is 0. The predicted molar refractivity (Wildman–Crippen MR) is 229 cm³/mol. The highest BCUT2D eigenvalue weighted by atomic mass is 16.3. The second kappa shape index (κ2) is 12.6. The monoisotopic (exact) mass is 703 g/mol. The van der Waals surface area contributed by atoms with Crippen LogP contribution in [0, 0.1) is 0 Å². The van der Waals surface area contributed by atoms with Crippen molar-refractivity contribution < 1.29 is 8.83 Å². The number of fused-ring (bicyclic) bond motifs is 8. The fourth-order valence-electron chi connectivity index (χ4n) is 8.28. The number of hydrogen-bond donors (Lipinski definition) is 0. The molecule has 258 valence electrons. The summed E-state index contributed by atoms with van der Waals surface area (Å²) in [5, 5.41) is 6.87. The van der Waals surface area contributed by atoms with E-state index in [4.69, 9.17) is 8.83 Å². The van der Waals surface area contributed by atoms with E-state index in [0.29, 0.717) is 0 Å². The van der Waals surface area contributed by atoms with E-state index in [1.165, 1.54) is 33.0 Å². The minimum Gasteiger partial charge on any atom is -0.456 e. The van der Waals surface area contributed by atoms with Crippen LogP contribution in [-0.2, 0) is 0 Å². The quantitative estimate of drug-likeness (QED) is 0.173. The Kier molecular flexibility index (Phi) is 7.17.